The summed E-state index contributed by atoms with van der Waals surface area (Å²) < 4.78 is 43.8. The highest BCUT2D eigenvalue weighted by Crippen LogP contribution is 2.39. The molecule has 4 aromatic carbocycles. The van der Waals surface area contributed by atoms with Gasteiger partial charge in [0.25, 0.3) is 16.0 Å². The van der Waals surface area contributed by atoms with Crippen LogP contribution in [0.5, 0.6) is 11.5 Å². The molecular formula is C43H51N5O8S. The van der Waals surface area contributed by atoms with Crippen molar-refractivity contribution in [2.45, 2.75) is 62.3 Å². The fourth-order valence-corrected chi connectivity index (χ4v) is 7.78. The number of carbonyl (C=O) groups excluding carboxylic acids is 2. The molecule has 14 heteroatoms. The Kier molecular flexibility index (Phi) is 14.3. The van der Waals surface area contributed by atoms with Crippen molar-refractivity contribution >= 4 is 38.4 Å². The Hall–Kier alpha value is -5.28. The first-order chi connectivity index (χ1) is 27.5. The molecule has 1 aromatic heterocycles. The Morgan fingerprint density at radius 2 is 1.77 bits per heavy atom. The van der Waals surface area contributed by atoms with Crippen molar-refractivity contribution in [3.8, 4) is 22.6 Å². The third-order valence-corrected chi connectivity index (χ3v) is 11.1. The minimum absolute atomic E-state index is 0.000376. The number of aromatic hydroxyl groups is 1. The lowest BCUT2D eigenvalue weighted by Crippen LogP contribution is -2.45. The fourth-order valence-electron chi connectivity index (χ4n) is 7.26. The lowest BCUT2D eigenvalue weighted by molar-refractivity contribution is -0.135. The molecule has 0 spiro atoms. The van der Waals surface area contributed by atoms with Gasteiger partial charge in [0.2, 0.25) is 5.91 Å². The maximum atomic E-state index is 13.3. The zero-order valence-corrected chi connectivity index (χ0v) is 33.0. The number of phenols is 1. The quantitative estimate of drug-likeness (QED) is 0.0547. The van der Waals surface area contributed by atoms with Crippen LogP contribution in [0.3, 0.4) is 0 Å². The molecule has 1 fully saturated rings. The third kappa shape index (κ3) is 11.6. The molecule has 1 aliphatic carbocycles. The molecule has 0 bridgehead atoms. The molecule has 2 amide bonds. The van der Waals surface area contributed by atoms with Gasteiger partial charge in [-0.2, -0.15) is 13.5 Å². The maximum absolute atomic E-state index is 13.3. The van der Waals surface area contributed by atoms with Gasteiger partial charge in [0.15, 0.2) is 12.4 Å². The average Bonchev–Trinajstić information content (AvgIpc) is 3.66. The number of benzene rings is 4. The van der Waals surface area contributed by atoms with Gasteiger partial charge >= 0.3 is 0 Å². The molecule has 0 saturated heterocycles. The van der Waals surface area contributed by atoms with Crippen molar-refractivity contribution in [2.24, 2.45) is 7.05 Å². The van der Waals surface area contributed by atoms with E-state index in [2.05, 4.69) is 44.9 Å². The first kappa shape index (κ1) is 41.4. The van der Waals surface area contributed by atoms with E-state index in [9.17, 15) is 23.1 Å². The van der Waals surface area contributed by atoms with E-state index in [1.54, 1.807) is 22.9 Å². The number of aryl methyl sites for hydroxylation is 1. The smallest absolute Gasteiger partial charge is 0.294 e. The van der Waals surface area contributed by atoms with Crippen molar-refractivity contribution in [1.29, 1.82) is 0 Å². The summed E-state index contributed by atoms with van der Waals surface area (Å²) in [7, 11) is -2.18. The molecule has 57 heavy (non-hydrogen) atoms. The van der Waals surface area contributed by atoms with Crippen LogP contribution in [-0.4, -0.2) is 90.1 Å². The van der Waals surface area contributed by atoms with Gasteiger partial charge in [-0.1, -0.05) is 79.9 Å². The molecule has 302 valence electrons. The van der Waals surface area contributed by atoms with Gasteiger partial charge in [0.05, 0.1) is 30.7 Å². The number of nitrogens with one attached hydrogen (secondary N) is 2. The van der Waals surface area contributed by atoms with Crippen molar-refractivity contribution in [1.82, 2.24) is 20.0 Å². The zero-order chi connectivity index (χ0) is 40.2. The van der Waals surface area contributed by atoms with Gasteiger partial charge in [-0.25, -0.2) is 0 Å². The first-order valence-electron chi connectivity index (χ1n) is 19.4. The molecule has 0 radical (unpaired) electrons. The van der Waals surface area contributed by atoms with Gasteiger partial charge in [0.1, 0.15) is 11.4 Å². The number of phenolic OH excluding ortho intramolecular Hbond substituents is 1. The van der Waals surface area contributed by atoms with E-state index >= 15 is 0 Å². The molecule has 2 aliphatic rings. The van der Waals surface area contributed by atoms with Gasteiger partial charge in [-0.15, -0.1) is 0 Å². The zero-order valence-electron chi connectivity index (χ0n) is 32.2. The number of aromatic nitrogens is 2. The number of anilines is 1. The molecule has 4 N–H and O–H groups in total. The molecule has 5 aromatic rings. The van der Waals surface area contributed by atoms with Crippen LogP contribution in [0.2, 0.25) is 0 Å². The number of fused-ring (bicyclic) bond motifs is 2. The standard InChI is InChI=1S/C33H43N5O5.C10H8O3S/c1-37-22-27(21-35-37)26-7-5-6-24(20-26)13-18-42-19-14-31(41)38(28-8-3-2-4-9-28)17-16-34-15-12-25-10-11-29(39)32-33(25)43-23-30(40)36-32;11-14(12,13)10-6-5-8-3-1-2-4-9(8)7-10/h5-7,10-11,20-22,28,34,39H,2-4,8-9,12-19,23H2,1H3,(H,36,40);1-7H,(H,11,12,13). The molecule has 7 rings (SSSR count). The number of nitrogens with zero attached hydrogens (tertiary/aromatic N) is 3. The molecular weight excluding hydrogens is 747 g/mol. The predicted octanol–water partition coefficient (Wildman–Crippen LogP) is 6.15. The van der Waals surface area contributed by atoms with E-state index in [1.165, 1.54) is 37.0 Å². The molecule has 0 unspecified atom stereocenters. The minimum atomic E-state index is -4.09. The number of rotatable bonds is 15. The Bertz CT molecular complexity index is 2250. The molecule has 0 atom stereocenters. The second-order valence-electron chi connectivity index (χ2n) is 14.4. The first-order valence-corrected chi connectivity index (χ1v) is 20.9. The lowest BCUT2D eigenvalue weighted by Gasteiger charge is -2.34. The van der Waals surface area contributed by atoms with Gasteiger partial charge in [0, 0.05) is 37.9 Å². The van der Waals surface area contributed by atoms with Crippen molar-refractivity contribution < 1.29 is 37.1 Å². The van der Waals surface area contributed by atoms with Crippen LogP contribution in [0.4, 0.5) is 5.69 Å². The van der Waals surface area contributed by atoms with Gasteiger partial charge < -0.3 is 30.1 Å². The van der Waals surface area contributed by atoms with Crippen LogP contribution in [-0.2, 0) is 44.3 Å². The number of hydrogen-bond donors (Lipinski definition) is 4. The predicted molar refractivity (Wildman–Crippen MR) is 219 cm³/mol. The normalized spacial score (nSPS) is 14.2. The highest BCUT2D eigenvalue weighted by molar-refractivity contribution is 7.85. The van der Waals surface area contributed by atoms with Crippen molar-refractivity contribution in [2.75, 3.05) is 44.8 Å². The number of amides is 2. The fraction of sp³-hybridized carbons (Fsp3) is 0.372. The summed E-state index contributed by atoms with van der Waals surface area (Å²) in [5, 5.41) is 22.2. The topological polar surface area (TPSA) is 172 Å². The average molecular weight is 798 g/mol. The SMILES string of the molecule is Cn1cc(-c2cccc(CCOCCC(=O)N(CCNCCc3ccc(O)c4c3OCC(=O)N4)C3CCCCC3)c2)cn1.O=S(=O)(O)c1ccc2ccccc2c1. The third-order valence-electron chi connectivity index (χ3n) is 10.2. The Balaban J connectivity index is 0.000000328. The number of hydrogen-bond acceptors (Lipinski definition) is 9. The van der Waals surface area contributed by atoms with Crippen LogP contribution < -0.4 is 15.4 Å². The summed E-state index contributed by atoms with van der Waals surface area (Å²) in [5.74, 6) is 0.411. The summed E-state index contributed by atoms with van der Waals surface area (Å²) >= 11 is 0. The van der Waals surface area contributed by atoms with E-state index in [-0.39, 0.29) is 29.1 Å². The largest absolute Gasteiger partial charge is 0.506 e. The summed E-state index contributed by atoms with van der Waals surface area (Å²) in [5.41, 5.74) is 4.69. The summed E-state index contributed by atoms with van der Waals surface area (Å²) in [6.45, 7) is 2.97. The van der Waals surface area contributed by atoms with Crippen LogP contribution in [0.25, 0.3) is 21.9 Å². The number of carbonyl (C=O) groups is 2. The molecule has 2 heterocycles. The van der Waals surface area contributed by atoms with Crippen molar-refractivity contribution in [3.05, 3.63) is 102 Å². The van der Waals surface area contributed by atoms with Crippen LogP contribution in [0, 0.1) is 0 Å². The Morgan fingerprint density at radius 1 is 0.965 bits per heavy atom. The van der Waals surface area contributed by atoms with E-state index < -0.39 is 10.1 Å². The van der Waals surface area contributed by atoms with Gasteiger partial charge in [-0.05, 0) is 77.9 Å². The number of ether oxygens (including phenoxy) is 2. The minimum Gasteiger partial charge on any atom is -0.506 e. The van der Waals surface area contributed by atoms with Crippen LogP contribution >= 0.6 is 0 Å². The summed E-state index contributed by atoms with van der Waals surface area (Å²) in [6, 6.07) is 24.0. The Morgan fingerprint density at radius 3 is 2.54 bits per heavy atom. The summed E-state index contributed by atoms with van der Waals surface area (Å²) in [6.07, 6.45) is 11.4. The van der Waals surface area contributed by atoms with Crippen molar-refractivity contribution in [3.63, 3.8) is 0 Å². The van der Waals surface area contributed by atoms with E-state index in [0.717, 1.165) is 46.7 Å². The molecule has 1 saturated carbocycles. The maximum Gasteiger partial charge on any atom is 0.294 e. The molecule has 1 aliphatic heterocycles. The van der Waals surface area contributed by atoms with Crippen LogP contribution in [0.15, 0.2) is 96.2 Å². The monoisotopic (exact) mass is 797 g/mol. The highest BCUT2D eigenvalue weighted by atomic mass is 32.2. The van der Waals surface area contributed by atoms with Gasteiger partial charge in [-0.3, -0.25) is 18.8 Å². The second-order valence-corrected chi connectivity index (χ2v) is 15.8. The lowest BCUT2D eigenvalue weighted by atomic mass is 9.94. The van der Waals surface area contributed by atoms with E-state index in [0.29, 0.717) is 63.2 Å². The van der Waals surface area contributed by atoms with E-state index in [1.807, 2.05) is 43.7 Å². The van der Waals surface area contributed by atoms with E-state index in [4.69, 9.17) is 14.0 Å². The summed E-state index contributed by atoms with van der Waals surface area (Å²) in [4.78, 5) is 27.0. The molecule has 13 nitrogen and oxygen atoms in total. The second kappa shape index (κ2) is 19.7. The highest BCUT2D eigenvalue weighted by Gasteiger charge is 2.25. The van der Waals surface area contributed by atoms with Crippen LogP contribution in [0.1, 0.15) is 49.7 Å². The Labute approximate surface area is 333 Å².